The molecule has 0 aliphatic carbocycles. The summed E-state index contributed by atoms with van der Waals surface area (Å²) >= 11 is 0. The highest BCUT2D eigenvalue weighted by Crippen LogP contribution is 2.30. The third-order valence-electron chi connectivity index (χ3n) is 3.45. The Balaban J connectivity index is 2.08. The maximum Gasteiger partial charge on any atom is 0.354 e. The lowest BCUT2D eigenvalue weighted by Gasteiger charge is -2.39. The van der Waals surface area contributed by atoms with E-state index in [0.717, 1.165) is 23.9 Å². The molecule has 0 spiro atoms. The van der Waals surface area contributed by atoms with Crippen LogP contribution in [0.3, 0.4) is 0 Å². The Morgan fingerprint density at radius 3 is 2.79 bits per heavy atom. The van der Waals surface area contributed by atoms with Gasteiger partial charge in [-0.05, 0) is 11.5 Å². The van der Waals surface area contributed by atoms with Crippen LogP contribution in [0, 0.1) is 5.92 Å². The standard InChI is InChI=1S/C14H14N2O3/c17-8-9-6-16(7-9)13-11-4-2-1-3-10(11)5-12(15-13)14(18)19/h1-5,9,17H,6-8H2,(H,18,19). The van der Waals surface area contributed by atoms with Crippen molar-refractivity contribution in [2.45, 2.75) is 0 Å². The van der Waals surface area contributed by atoms with Crippen LogP contribution < -0.4 is 4.90 Å². The van der Waals surface area contributed by atoms with Crippen molar-refractivity contribution in [1.82, 2.24) is 4.98 Å². The molecule has 1 fully saturated rings. The fourth-order valence-corrected chi connectivity index (χ4v) is 2.39. The van der Waals surface area contributed by atoms with Gasteiger partial charge in [-0.15, -0.1) is 0 Å². The average molecular weight is 258 g/mol. The van der Waals surface area contributed by atoms with Gasteiger partial charge in [-0.25, -0.2) is 9.78 Å². The molecule has 2 heterocycles. The van der Waals surface area contributed by atoms with Gasteiger partial charge in [0.15, 0.2) is 5.69 Å². The molecule has 5 nitrogen and oxygen atoms in total. The van der Waals surface area contributed by atoms with E-state index in [-0.39, 0.29) is 18.2 Å². The number of aromatic carboxylic acids is 1. The maximum absolute atomic E-state index is 11.1. The topological polar surface area (TPSA) is 73.7 Å². The molecule has 1 aliphatic heterocycles. The van der Waals surface area contributed by atoms with E-state index in [4.69, 9.17) is 10.2 Å². The van der Waals surface area contributed by atoms with Crippen LogP contribution in [0.1, 0.15) is 10.5 Å². The van der Waals surface area contributed by atoms with Gasteiger partial charge in [0, 0.05) is 31.0 Å². The number of carbonyl (C=O) groups is 1. The minimum Gasteiger partial charge on any atom is -0.477 e. The summed E-state index contributed by atoms with van der Waals surface area (Å²) in [5, 5.41) is 20.0. The molecule has 0 atom stereocenters. The predicted molar refractivity (Wildman–Crippen MR) is 71.5 cm³/mol. The summed E-state index contributed by atoms with van der Waals surface area (Å²) in [5.41, 5.74) is 0.0566. The molecular formula is C14H14N2O3. The molecular weight excluding hydrogens is 244 g/mol. The highest BCUT2D eigenvalue weighted by molar-refractivity contribution is 5.98. The number of benzene rings is 1. The molecule has 19 heavy (non-hydrogen) atoms. The zero-order chi connectivity index (χ0) is 13.4. The van der Waals surface area contributed by atoms with E-state index in [2.05, 4.69) is 4.98 Å². The first kappa shape index (κ1) is 11.9. The van der Waals surface area contributed by atoms with Gasteiger partial charge in [0.25, 0.3) is 0 Å². The van der Waals surface area contributed by atoms with Crippen molar-refractivity contribution in [2.24, 2.45) is 5.92 Å². The van der Waals surface area contributed by atoms with Crippen molar-refractivity contribution in [3.05, 3.63) is 36.0 Å². The SMILES string of the molecule is O=C(O)c1cc2ccccc2c(N2CC(CO)C2)n1. The van der Waals surface area contributed by atoms with Crippen LogP contribution in [0.15, 0.2) is 30.3 Å². The smallest absolute Gasteiger partial charge is 0.354 e. The highest BCUT2D eigenvalue weighted by atomic mass is 16.4. The first-order valence-corrected chi connectivity index (χ1v) is 6.18. The molecule has 0 unspecified atom stereocenters. The Bertz CT molecular complexity index is 636. The summed E-state index contributed by atoms with van der Waals surface area (Å²) in [5.74, 6) is -0.0690. The predicted octanol–water partition coefficient (Wildman–Crippen LogP) is 1.36. The zero-order valence-corrected chi connectivity index (χ0v) is 10.3. The van der Waals surface area contributed by atoms with E-state index in [1.54, 1.807) is 6.07 Å². The fourth-order valence-electron chi connectivity index (χ4n) is 2.39. The molecule has 2 N–H and O–H groups in total. The first-order chi connectivity index (χ1) is 9.19. The number of carboxylic acids is 1. The molecule has 1 aliphatic rings. The largest absolute Gasteiger partial charge is 0.477 e. The van der Waals surface area contributed by atoms with E-state index >= 15 is 0 Å². The molecule has 2 aromatic rings. The van der Waals surface area contributed by atoms with Crippen LogP contribution in [-0.4, -0.2) is 40.9 Å². The van der Waals surface area contributed by atoms with E-state index in [9.17, 15) is 4.79 Å². The van der Waals surface area contributed by atoms with Crippen LogP contribution in [0.2, 0.25) is 0 Å². The molecule has 1 saturated heterocycles. The second kappa shape index (κ2) is 4.51. The number of pyridine rings is 1. The van der Waals surface area contributed by atoms with Crippen molar-refractivity contribution in [1.29, 1.82) is 0 Å². The highest BCUT2D eigenvalue weighted by Gasteiger charge is 2.28. The van der Waals surface area contributed by atoms with Gasteiger partial charge in [-0.1, -0.05) is 24.3 Å². The van der Waals surface area contributed by atoms with Crippen LogP contribution in [0.4, 0.5) is 5.82 Å². The van der Waals surface area contributed by atoms with Crippen molar-refractivity contribution < 1.29 is 15.0 Å². The quantitative estimate of drug-likeness (QED) is 0.869. The van der Waals surface area contributed by atoms with Gasteiger partial charge < -0.3 is 15.1 Å². The Morgan fingerprint density at radius 2 is 2.11 bits per heavy atom. The Hall–Kier alpha value is -2.14. The third-order valence-corrected chi connectivity index (χ3v) is 3.45. The number of aliphatic hydroxyl groups is 1. The van der Waals surface area contributed by atoms with Gasteiger partial charge in [0.1, 0.15) is 5.82 Å². The summed E-state index contributed by atoms with van der Waals surface area (Å²) < 4.78 is 0. The molecule has 5 heteroatoms. The van der Waals surface area contributed by atoms with Crippen molar-refractivity contribution in [3.63, 3.8) is 0 Å². The van der Waals surface area contributed by atoms with Gasteiger partial charge >= 0.3 is 5.97 Å². The average Bonchev–Trinajstić information content (AvgIpc) is 2.37. The van der Waals surface area contributed by atoms with E-state index in [0.29, 0.717) is 5.82 Å². The first-order valence-electron chi connectivity index (χ1n) is 6.18. The zero-order valence-electron chi connectivity index (χ0n) is 10.3. The molecule has 0 amide bonds. The lowest BCUT2D eigenvalue weighted by molar-refractivity contribution is 0.0690. The third kappa shape index (κ3) is 2.02. The molecule has 0 bridgehead atoms. The number of anilines is 1. The molecule has 0 saturated carbocycles. The van der Waals surface area contributed by atoms with Gasteiger partial charge in [0.05, 0.1) is 0 Å². The van der Waals surface area contributed by atoms with Gasteiger partial charge in [-0.2, -0.15) is 0 Å². The summed E-state index contributed by atoms with van der Waals surface area (Å²) in [6.45, 7) is 1.60. The van der Waals surface area contributed by atoms with Gasteiger partial charge in [-0.3, -0.25) is 0 Å². The van der Waals surface area contributed by atoms with E-state index in [1.165, 1.54) is 0 Å². The molecule has 98 valence electrons. The lowest BCUT2D eigenvalue weighted by atomic mass is 10.00. The maximum atomic E-state index is 11.1. The number of nitrogens with zero attached hydrogens (tertiary/aromatic N) is 2. The van der Waals surface area contributed by atoms with Crippen molar-refractivity contribution >= 4 is 22.6 Å². The molecule has 3 rings (SSSR count). The van der Waals surface area contributed by atoms with Crippen molar-refractivity contribution in [3.8, 4) is 0 Å². The van der Waals surface area contributed by atoms with E-state index in [1.807, 2.05) is 29.2 Å². The van der Waals surface area contributed by atoms with E-state index < -0.39 is 5.97 Å². The number of hydrogen-bond acceptors (Lipinski definition) is 4. The lowest BCUT2D eigenvalue weighted by Crippen LogP contribution is -2.49. The Kier molecular flexibility index (Phi) is 2.83. The Morgan fingerprint density at radius 1 is 1.37 bits per heavy atom. The number of aromatic nitrogens is 1. The van der Waals surface area contributed by atoms with Crippen molar-refractivity contribution in [2.75, 3.05) is 24.6 Å². The number of rotatable bonds is 3. The second-order valence-electron chi connectivity index (χ2n) is 4.81. The fraction of sp³-hybridized carbons (Fsp3) is 0.286. The van der Waals surface area contributed by atoms with Crippen LogP contribution >= 0.6 is 0 Å². The number of fused-ring (bicyclic) bond motifs is 1. The number of aliphatic hydroxyl groups excluding tert-OH is 1. The molecule has 1 aromatic carbocycles. The number of carboxylic acid groups (broad SMARTS) is 1. The molecule has 1 aromatic heterocycles. The minimum absolute atomic E-state index is 0.0566. The normalized spacial score (nSPS) is 15.5. The van der Waals surface area contributed by atoms with Crippen LogP contribution in [0.5, 0.6) is 0 Å². The summed E-state index contributed by atoms with van der Waals surface area (Å²) in [6.07, 6.45) is 0. The summed E-state index contributed by atoms with van der Waals surface area (Å²) in [7, 11) is 0. The van der Waals surface area contributed by atoms with Gasteiger partial charge in [0.2, 0.25) is 0 Å². The minimum atomic E-state index is -1.02. The summed E-state index contributed by atoms with van der Waals surface area (Å²) in [4.78, 5) is 17.4. The number of hydrogen-bond donors (Lipinski definition) is 2. The molecule has 0 radical (unpaired) electrons. The summed E-state index contributed by atoms with van der Waals surface area (Å²) in [6, 6.07) is 9.21. The monoisotopic (exact) mass is 258 g/mol. The van der Waals surface area contributed by atoms with Crippen LogP contribution in [0.25, 0.3) is 10.8 Å². The second-order valence-corrected chi connectivity index (χ2v) is 4.81. The van der Waals surface area contributed by atoms with Crippen LogP contribution in [-0.2, 0) is 0 Å². The Labute approximate surface area is 110 Å².